The van der Waals surface area contributed by atoms with Crippen molar-refractivity contribution >= 4 is 23.2 Å². The summed E-state index contributed by atoms with van der Waals surface area (Å²) in [5.41, 5.74) is 10.6. The van der Waals surface area contributed by atoms with Crippen molar-refractivity contribution in [3.8, 4) is 0 Å². The Labute approximate surface area is 118 Å². The first-order valence-electron chi connectivity index (χ1n) is 5.76. The van der Waals surface area contributed by atoms with Crippen molar-refractivity contribution in [2.75, 3.05) is 0 Å². The SMILES string of the molecule is Cc1ccc(C(N)c2cc(Cl)ccc2Cl)c(C)c1. The van der Waals surface area contributed by atoms with Gasteiger partial charge in [-0.15, -0.1) is 0 Å². The van der Waals surface area contributed by atoms with E-state index >= 15 is 0 Å². The lowest BCUT2D eigenvalue weighted by molar-refractivity contribution is 0.861. The summed E-state index contributed by atoms with van der Waals surface area (Å²) >= 11 is 12.2. The molecular weight excluding hydrogens is 265 g/mol. The van der Waals surface area contributed by atoms with Gasteiger partial charge in [0, 0.05) is 10.0 Å². The summed E-state index contributed by atoms with van der Waals surface area (Å²) in [7, 11) is 0. The zero-order valence-corrected chi connectivity index (χ0v) is 11.9. The van der Waals surface area contributed by atoms with Gasteiger partial charge in [-0.25, -0.2) is 0 Å². The van der Waals surface area contributed by atoms with Crippen molar-refractivity contribution in [1.82, 2.24) is 0 Å². The molecule has 18 heavy (non-hydrogen) atoms. The first kappa shape index (κ1) is 13.4. The highest BCUT2D eigenvalue weighted by molar-refractivity contribution is 6.33. The van der Waals surface area contributed by atoms with Gasteiger partial charge in [0.15, 0.2) is 0 Å². The van der Waals surface area contributed by atoms with Crippen molar-refractivity contribution in [1.29, 1.82) is 0 Å². The second-order valence-corrected chi connectivity index (χ2v) is 5.35. The minimum absolute atomic E-state index is 0.253. The molecule has 0 fully saturated rings. The molecule has 1 nitrogen and oxygen atoms in total. The molecule has 0 heterocycles. The summed E-state index contributed by atoms with van der Waals surface area (Å²) in [5, 5.41) is 1.29. The summed E-state index contributed by atoms with van der Waals surface area (Å²) in [6.07, 6.45) is 0. The summed E-state index contributed by atoms with van der Waals surface area (Å²) < 4.78 is 0. The molecule has 2 aromatic rings. The lowest BCUT2D eigenvalue weighted by Gasteiger charge is -2.17. The maximum atomic E-state index is 6.29. The first-order valence-corrected chi connectivity index (χ1v) is 6.52. The van der Waals surface area contributed by atoms with Gasteiger partial charge in [-0.3, -0.25) is 0 Å². The second kappa shape index (κ2) is 5.31. The van der Waals surface area contributed by atoms with E-state index in [1.54, 1.807) is 12.1 Å². The monoisotopic (exact) mass is 279 g/mol. The highest BCUT2D eigenvalue weighted by Crippen LogP contribution is 2.30. The van der Waals surface area contributed by atoms with Crippen LogP contribution in [-0.2, 0) is 0 Å². The van der Waals surface area contributed by atoms with Gasteiger partial charge in [-0.05, 0) is 48.7 Å². The number of hydrogen-bond donors (Lipinski definition) is 1. The molecule has 0 aromatic heterocycles. The van der Waals surface area contributed by atoms with Crippen LogP contribution in [0.4, 0.5) is 0 Å². The van der Waals surface area contributed by atoms with Crippen LogP contribution in [0.25, 0.3) is 0 Å². The van der Waals surface area contributed by atoms with Crippen LogP contribution in [0.5, 0.6) is 0 Å². The molecule has 0 aliphatic carbocycles. The molecule has 2 aromatic carbocycles. The van der Waals surface area contributed by atoms with E-state index in [1.807, 2.05) is 12.1 Å². The minimum atomic E-state index is -0.253. The summed E-state index contributed by atoms with van der Waals surface area (Å²) in [4.78, 5) is 0. The number of nitrogens with two attached hydrogens (primary N) is 1. The predicted octanol–water partition coefficient (Wildman–Crippen LogP) is 4.66. The number of hydrogen-bond acceptors (Lipinski definition) is 1. The number of benzene rings is 2. The van der Waals surface area contributed by atoms with Crippen LogP contribution in [0.15, 0.2) is 36.4 Å². The van der Waals surface area contributed by atoms with E-state index in [2.05, 4.69) is 26.0 Å². The summed E-state index contributed by atoms with van der Waals surface area (Å²) in [6.45, 7) is 4.12. The van der Waals surface area contributed by atoms with Gasteiger partial charge in [0.05, 0.1) is 6.04 Å². The molecule has 94 valence electrons. The van der Waals surface area contributed by atoms with E-state index in [0.717, 1.165) is 11.1 Å². The van der Waals surface area contributed by atoms with Gasteiger partial charge in [0.2, 0.25) is 0 Å². The fourth-order valence-corrected chi connectivity index (χ4v) is 2.51. The molecule has 1 atom stereocenters. The van der Waals surface area contributed by atoms with E-state index < -0.39 is 0 Å². The van der Waals surface area contributed by atoms with E-state index in [1.165, 1.54) is 11.1 Å². The zero-order valence-electron chi connectivity index (χ0n) is 10.4. The standard InChI is InChI=1S/C15H15Cl2N/c1-9-3-5-12(10(2)7-9)15(18)13-8-11(16)4-6-14(13)17/h3-8,15H,18H2,1-2H3. The molecule has 0 saturated heterocycles. The van der Waals surface area contributed by atoms with Crippen LogP contribution in [0.2, 0.25) is 10.0 Å². The number of aryl methyl sites for hydroxylation is 2. The van der Waals surface area contributed by atoms with E-state index in [-0.39, 0.29) is 6.04 Å². The first-order chi connectivity index (χ1) is 8.49. The average molecular weight is 280 g/mol. The van der Waals surface area contributed by atoms with Crippen LogP contribution in [0, 0.1) is 13.8 Å². The fourth-order valence-electron chi connectivity index (χ4n) is 2.10. The molecule has 0 saturated carbocycles. The normalized spacial score (nSPS) is 12.5. The number of rotatable bonds is 2. The Kier molecular flexibility index (Phi) is 3.96. The van der Waals surface area contributed by atoms with Crippen LogP contribution >= 0.6 is 23.2 Å². The Hall–Kier alpha value is -1.02. The number of halogens is 2. The van der Waals surface area contributed by atoms with Crippen molar-refractivity contribution < 1.29 is 0 Å². The lowest BCUT2D eigenvalue weighted by Crippen LogP contribution is -2.14. The topological polar surface area (TPSA) is 26.0 Å². The lowest BCUT2D eigenvalue weighted by atomic mass is 9.94. The largest absolute Gasteiger partial charge is 0.320 e. The molecule has 2 rings (SSSR count). The molecular formula is C15H15Cl2N. The van der Waals surface area contributed by atoms with Crippen LogP contribution in [0.3, 0.4) is 0 Å². The molecule has 0 aliphatic heterocycles. The smallest absolute Gasteiger partial charge is 0.0569 e. The highest BCUT2D eigenvalue weighted by atomic mass is 35.5. The zero-order chi connectivity index (χ0) is 13.3. The third-order valence-electron chi connectivity index (χ3n) is 3.05. The van der Waals surface area contributed by atoms with Gasteiger partial charge >= 0.3 is 0 Å². The molecule has 0 aliphatic rings. The van der Waals surface area contributed by atoms with Crippen LogP contribution in [0.1, 0.15) is 28.3 Å². The molecule has 0 spiro atoms. The minimum Gasteiger partial charge on any atom is -0.320 e. The summed E-state index contributed by atoms with van der Waals surface area (Å²) in [5.74, 6) is 0. The van der Waals surface area contributed by atoms with Crippen molar-refractivity contribution in [2.45, 2.75) is 19.9 Å². The van der Waals surface area contributed by atoms with E-state index in [9.17, 15) is 0 Å². The third-order valence-corrected chi connectivity index (χ3v) is 3.63. The van der Waals surface area contributed by atoms with E-state index in [0.29, 0.717) is 10.0 Å². The Morgan fingerprint density at radius 1 is 0.944 bits per heavy atom. The maximum Gasteiger partial charge on any atom is 0.0569 e. The fraction of sp³-hybridized carbons (Fsp3) is 0.200. The van der Waals surface area contributed by atoms with Gasteiger partial charge in [-0.1, -0.05) is 47.0 Å². The Balaban J connectivity index is 2.47. The van der Waals surface area contributed by atoms with Crippen LogP contribution < -0.4 is 5.73 Å². The van der Waals surface area contributed by atoms with E-state index in [4.69, 9.17) is 28.9 Å². The Morgan fingerprint density at radius 3 is 2.33 bits per heavy atom. The molecule has 0 bridgehead atoms. The molecule has 0 amide bonds. The van der Waals surface area contributed by atoms with Gasteiger partial charge in [0.1, 0.15) is 0 Å². The molecule has 3 heteroatoms. The van der Waals surface area contributed by atoms with Gasteiger partial charge < -0.3 is 5.73 Å². The molecule has 0 radical (unpaired) electrons. The average Bonchev–Trinajstić information content (AvgIpc) is 2.31. The quantitative estimate of drug-likeness (QED) is 0.850. The second-order valence-electron chi connectivity index (χ2n) is 4.50. The van der Waals surface area contributed by atoms with Crippen molar-refractivity contribution in [3.63, 3.8) is 0 Å². The van der Waals surface area contributed by atoms with Crippen molar-refractivity contribution in [2.24, 2.45) is 5.73 Å². The molecule has 2 N–H and O–H groups in total. The Morgan fingerprint density at radius 2 is 1.67 bits per heavy atom. The Bertz CT molecular complexity index is 579. The van der Waals surface area contributed by atoms with Gasteiger partial charge in [-0.2, -0.15) is 0 Å². The predicted molar refractivity (Wildman–Crippen MR) is 78.4 cm³/mol. The highest BCUT2D eigenvalue weighted by Gasteiger charge is 2.15. The van der Waals surface area contributed by atoms with Gasteiger partial charge in [0.25, 0.3) is 0 Å². The molecule has 1 unspecified atom stereocenters. The maximum absolute atomic E-state index is 6.29. The van der Waals surface area contributed by atoms with Crippen molar-refractivity contribution in [3.05, 3.63) is 68.7 Å². The third kappa shape index (κ3) is 2.69. The summed E-state index contributed by atoms with van der Waals surface area (Å²) in [6, 6.07) is 11.3. The van der Waals surface area contributed by atoms with Crippen LogP contribution in [-0.4, -0.2) is 0 Å².